The summed E-state index contributed by atoms with van der Waals surface area (Å²) in [4.78, 5) is 9.89. The average Bonchev–Trinajstić information content (AvgIpc) is 2.14. The minimum Gasteiger partial charge on any atom is -0.481 e. The molecule has 5 heteroatoms. The van der Waals surface area contributed by atoms with Crippen LogP contribution in [-0.4, -0.2) is 49.2 Å². The zero-order chi connectivity index (χ0) is 11.4. The van der Waals surface area contributed by atoms with E-state index >= 15 is 0 Å². The van der Waals surface area contributed by atoms with Crippen molar-refractivity contribution in [3.63, 3.8) is 0 Å². The Kier molecular flexibility index (Phi) is 13.9. The smallest absolute Gasteiger partial charge is 0.305 e. The van der Waals surface area contributed by atoms with Gasteiger partial charge < -0.3 is 19.7 Å². The van der Waals surface area contributed by atoms with E-state index in [1.807, 2.05) is 6.92 Å². The number of carboxylic acid groups (broad SMARTS) is 1. The summed E-state index contributed by atoms with van der Waals surface area (Å²) in [5.41, 5.74) is 0. The summed E-state index contributed by atoms with van der Waals surface area (Å²) in [6.07, 6.45) is -0.0938. The lowest BCUT2D eigenvalue weighted by Crippen LogP contribution is -2.10. The van der Waals surface area contributed by atoms with Crippen molar-refractivity contribution in [2.75, 3.05) is 26.9 Å². The first kappa shape index (κ1) is 15.8. The Hall–Kier alpha value is -0.650. The Morgan fingerprint density at radius 1 is 1.50 bits per heavy atom. The second-order valence-corrected chi connectivity index (χ2v) is 2.56. The van der Waals surface area contributed by atoms with Crippen LogP contribution in [0.15, 0.2) is 0 Å². The Morgan fingerprint density at radius 2 is 2.07 bits per heavy atom. The van der Waals surface area contributed by atoms with Gasteiger partial charge in [-0.15, -0.1) is 0 Å². The highest BCUT2D eigenvalue weighted by Crippen LogP contribution is 1.92. The molecular formula is C9H20O5. The Bertz CT molecular complexity index is 122. The molecule has 0 fully saturated rings. The maximum absolute atomic E-state index is 9.89. The molecule has 0 aromatic carbocycles. The molecule has 5 nitrogen and oxygen atoms in total. The summed E-state index contributed by atoms with van der Waals surface area (Å²) >= 11 is 0. The fourth-order valence-corrected chi connectivity index (χ4v) is 0.538. The van der Waals surface area contributed by atoms with Gasteiger partial charge in [0.1, 0.15) is 0 Å². The average molecular weight is 208 g/mol. The van der Waals surface area contributed by atoms with Gasteiger partial charge in [0.15, 0.2) is 0 Å². The van der Waals surface area contributed by atoms with Crippen LogP contribution in [0.3, 0.4) is 0 Å². The van der Waals surface area contributed by atoms with E-state index in [4.69, 9.17) is 14.9 Å². The largest absolute Gasteiger partial charge is 0.481 e. The highest BCUT2D eigenvalue weighted by Gasteiger charge is 2.03. The molecule has 0 rings (SSSR count). The van der Waals surface area contributed by atoms with Crippen molar-refractivity contribution in [2.24, 2.45) is 0 Å². The number of carbonyl (C=O) groups is 1. The number of methoxy groups -OCH3 is 1. The maximum Gasteiger partial charge on any atom is 0.305 e. The van der Waals surface area contributed by atoms with Crippen molar-refractivity contribution >= 4 is 5.97 Å². The van der Waals surface area contributed by atoms with Gasteiger partial charge in [0.05, 0.1) is 25.7 Å². The molecular weight excluding hydrogens is 188 g/mol. The number of aliphatic carboxylic acids is 1. The summed E-state index contributed by atoms with van der Waals surface area (Å²) in [6.45, 7) is 4.91. The van der Waals surface area contributed by atoms with Gasteiger partial charge in [0, 0.05) is 13.7 Å². The summed E-state index contributed by atoms with van der Waals surface area (Å²) in [5.74, 6) is -0.820. The van der Waals surface area contributed by atoms with E-state index in [2.05, 4.69) is 4.74 Å². The molecule has 0 bridgehead atoms. The van der Waals surface area contributed by atoms with E-state index in [9.17, 15) is 4.79 Å². The molecule has 0 saturated carbocycles. The number of hydrogen-bond acceptors (Lipinski definition) is 4. The van der Waals surface area contributed by atoms with E-state index in [1.165, 1.54) is 7.11 Å². The van der Waals surface area contributed by atoms with E-state index in [1.54, 1.807) is 6.92 Å². The normalized spacial score (nSPS) is 11.4. The number of hydrogen-bond donors (Lipinski definition) is 2. The third kappa shape index (κ3) is 17.4. The van der Waals surface area contributed by atoms with Crippen LogP contribution < -0.4 is 0 Å². The molecule has 86 valence electrons. The summed E-state index contributed by atoms with van der Waals surface area (Å²) in [6, 6.07) is 0. The number of rotatable bonds is 6. The quantitative estimate of drug-likeness (QED) is 0.622. The van der Waals surface area contributed by atoms with Crippen LogP contribution in [0.5, 0.6) is 0 Å². The molecule has 0 aliphatic rings. The lowest BCUT2D eigenvalue weighted by Gasteiger charge is -2.02. The first-order chi connectivity index (χ1) is 6.58. The second-order valence-electron chi connectivity index (χ2n) is 2.56. The van der Waals surface area contributed by atoms with Crippen LogP contribution in [0.2, 0.25) is 0 Å². The summed E-state index contributed by atoms with van der Waals surface area (Å²) in [7, 11) is 1.49. The Morgan fingerprint density at radius 3 is 2.21 bits per heavy atom. The highest BCUT2D eigenvalue weighted by molar-refractivity contribution is 5.67. The van der Waals surface area contributed by atoms with Crippen LogP contribution in [0.25, 0.3) is 0 Å². The van der Waals surface area contributed by atoms with Crippen LogP contribution >= 0.6 is 0 Å². The topological polar surface area (TPSA) is 76.0 Å². The molecule has 1 unspecified atom stereocenters. The first-order valence-corrected chi connectivity index (χ1v) is 4.51. The van der Waals surface area contributed by atoms with E-state index in [0.29, 0.717) is 13.2 Å². The Labute approximate surface area is 84.6 Å². The molecule has 1 atom stereocenters. The van der Waals surface area contributed by atoms with Gasteiger partial charge in [0.2, 0.25) is 0 Å². The van der Waals surface area contributed by atoms with Crippen LogP contribution in [0, 0.1) is 0 Å². The van der Waals surface area contributed by atoms with Crippen molar-refractivity contribution < 1.29 is 24.5 Å². The molecule has 0 aromatic heterocycles. The monoisotopic (exact) mass is 208 g/mol. The third-order valence-corrected chi connectivity index (χ3v) is 1.30. The maximum atomic E-state index is 9.89. The van der Waals surface area contributed by atoms with Crippen LogP contribution in [0.4, 0.5) is 0 Å². The van der Waals surface area contributed by atoms with Gasteiger partial charge in [-0.2, -0.15) is 0 Å². The highest BCUT2D eigenvalue weighted by atomic mass is 16.5. The van der Waals surface area contributed by atoms with E-state index in [0.717, 1.165) is 0 Å². The molecule has 0 heterocycles. The van der Waals surface area contributed by atoms with E-state index < -0.39 is 5.97 Å². The summed E-state index contributed by atoms with van der Waals surface area (Å²) in [5, 5.41) is 16.2. The molecule has 0 aromatic rings. The van der Waals surface area contributed by atoms with Gasteiger partial charge >= 0.3 is 5.97 Å². The van der Waals surface area contributed by atoms with Crippen molar-refractivity contribution in [3.05, 3.63) is 0 Å². The van der Waals surface area contributed by atoms with Crippen LogP contribution in [0.1, 0.15) is 20.3 Å². The van der Waals surface area contributed by atoms with Crippen molar-refractivity contribution in [1.29, 1.82) is 0 Å². The zero-order valence-electron chi connectivity index (χ0n) is 9.02. The number of ether oxygens (including phenoxy) is 2. The fourth-order valence-electron chi connectivity index (χ4n) is 0.538. The standard InChI is InChI=1S/C5H10O3.C4H10O2/c1-4(8-2)3-5(6)7;1-2-6-4-3-5/h4H,3H2,1-2H3,(H,6,7);5H,2-4H2,1H3. The first-order valence-electron chi connectivity index (χ1n) is 4.51. The fraction of sp³-hybridized carbons (Fsp3) is 0.889. The molecule has 2 N–H and O–H groups in total. The van der Waals surface area contributed by atoms with Crippen molar-refractivity contribution in [2.45, 2.75) is 26.4 Å². The lowest BCUT2D eigenvalue weighted by molar-refractivity contribution is -0.139. The lowest BCUT2D eigenvalue weighted by atomic mass is 10.3. The SMILES string of the molecule is CCOCCO.COC(C)CC(=O)O. The van der Waals surface area contributed by atoms with Gasteiger partial charge in [0.25, 0.3) is 0 Å². The van der Waals surface area contributed by atoms with E-state index in [-0.39, 0.29) is 19.1 Å². The van der Waals surface area contributed by atoms with Crippen LogP contribution in [-0.2, 0) is 14.3 Å². The molecule has 0 amide bonds. The van der Waals surface area contributed by atoms with Gasteiger partial charge in [-0.25, -0.2) is 0 Å². The van der Waals surface area contributed by atoms with Gasteiger partial charge in [-0.3, -0.25) is 4.79 Å². The molecule has 0 aliphatic carbocycles. The zero-order valence-corrected chi connectivity index (χ0v) is 9.02. The predicted molar refractivity (Wildman–Crippen MR) is 52.3 cm³/mol. The minimum absolute atomic E-state index is 0.0799. The number of aliphatic hydroxyl groups is 1. The second kappa shape index (κ2) is 12.3. The third-order valence-electron chi connectivity index (χ3n) is 1.30. The molecule has 14 heavy (non-hydrogen) atoms. The van der Waals surface area contributed by atoms with Crippen molar-refractivity contribution in [1.82, 2.24) is 0 Å². The molecule has 0 aliphatic heterocycles. The molecule has 0 saturated heterocycles. The molecule has 0 spiro atoms. The minimum atomic E-state index is -0.820. The number of carboxylic acids is 1. The van der Waals surface area contributed by atoms with Crippen molar-refractivity contribution in [3.8, 4) is 0 Å². The summed E-state index contributed by atoms with van der Waals surface area (Å²) < 4.78 is 9.41. The van der Waals surface area contributed by atoms with Gasteiger partial charge in [-0.1, -0.05) is 0 Å². The Balaban J connectivity index is 0. The number of aliphatic hydroxyl groups excluding tert-OH is 1. The van der Waals surface area contributed by atoms with Gasteiger partial charge in [-0.05, 0) is 13.8 Å². The predicted octanol–water partition coefficient (Wildman–Crippen LogP) is 0.511. The molecule has 0 radical (unpaired) electrons.